The number of hydrogen-bond acceptors (Lipinski definition) is 4. The molecule has 0 aliphatic carbocycles. The second-order valence-electron chi connectivity index (χ2n) is 5.94. The smallest absolute Gasteiger partial charge is 0.255 e. The van der Waals surface area contributed by atoms with Crippen molar-refractivity contribution in [2.75, 3.05) is 5.32 Å². The summed E-state index contributed by atoms with van der Waals surface area (Å²) in [5, 5.41) is 11.7. The van der Waals surface area contributed by atoms with E-state index in [4.69, 9.17) is 27.6 Å². The van der Waals surface area contributed by atoms with Crippen molar-refractivity contribution >= 4 is 34.8 Å². The molecule has 5 nitrogen and oxygen atoms in total. The molecular formula is C21H13Cl2N3O2. The van der Waals surface area contributed by atoms with Gasteiger partial charge in [0.25, 0.3) is 5.91 Å². The molecule has 0 atom stereocenters. The molecule has 138 valence electrons. The van der Waals surface area contributed by atoms with Gasteiger partial charge in [-0.15, -0.1) is 10.2 Å². The number of anilines is 1. The number of halogens is 2. The number of hydrogen-bond donors (Lipinski definition) is 1. The Morgan fingerprint density at radius 3 is 2.07 bits per heavy atom. The Hall–Kier alpha value is -3.15. The van der Waals surface area contributed by atoms with Crippen LogP contribution in [0.5, 0.6) is 0 Å². The molecule has 4 rings (SSSR count). The normalized spacial score (nSPS) is 10.6. The van der Waals surface area contributed by atoms with Crippen LogP contribution >= 0.6 is 23.2 Å². The maximum Gasteiger partial charge on any atom is 0.255 e. The highest BCUT2D eigenvalue weighted by Crippen LogP contribution is 2.26. The van der Waals surface area contributed by atoms with Crippen LogP contribution in [0.1, 0.15) is 10.4 Å². The topological polar surface area (TPSA) is 68.0 Å². The van der Waals surface area contributed by atoms with Gasteiger partial charge in [-0.05, 0) is 54.6 Å². The molecule has 28 heavy (non-hydrogen) atoms. The molecule has 1 heterocycles. The van der Waals surface area contributed by atoms with Crippen LogP contribution in [0.25, 0.3) is 22.9 Å². The van der Waals surface area contributed by atoms with E-state index in [1.807, 2.05) is 30.3 Å². The van der Waals surface area contributed by atoms with E-state index in [9.17, 15) is 4.79 Å². The second-order valence-corrected chi connectivity index (χ2v) is 6.75. The lowest BCUT2D eigenvalue weighted by Crippen LogP contribution is -2.11. The van der Waals surface area contributed by atoms with Crippen LogP contribution in [0.4, 0.5) is 5.69 Å². The number of amides is 1. The van der Waals surface area contributed by atoms with Gasteiger partial charge in [-0.3, -0.25) is 4.79 Å². The van der Waals surface area contributed by atoms with Crippen molar-refractivity contribution in [1.82, 2.24) is 10.2 Å². The quantitative estimate of drug-likeness (QED) is 0.451. The number of carbonyl (C=O) groups is 1. The third-order valence-corrected chi connectivity index (χ3v) is 4.76. The Kier molecular flexibility index (Phi) is 5.10. The maximum absolute atomic E-state index is 12.3. The van der Waals surface area contributed by atoms with Gasteiger partial charge in [-0.25, -0.2) is 0 Å². The molecule has 1 aromatic heterocycles. The van der Waals surface area contributed by atoms with Crippen molar-refractivity contribution in [3.63, 3.8) is 0 Å². The third kappa shape index (κ3) is 3.91. The van der Waals surface area contributed by atoms with E-state index in [0.29, 0.717) is 33.1 Å². The summed E-state index contributed by atoms with van der Waals surface area (Å²) < 4.78 is 5.73. The fraction of sp³-hybridized carbons (Fsp3) is 0. The monoisotopic (exact) mass is 409 g/mol. The zero-order valence-corrected chi connectivity index (χ0v) is 15.9. The number of nitrogens with zero attached hydrogens (tertiary/aromatic N) is 2. The summed E-state index contributed by atoms with van der Waals surface area (Å²) >= 11 is 11.8. The molecule has 3 aromatic carbocycles. The number of carbonyl (C=O) groups excluding carboxylic acids is 1. The van der Waals surface area contributed by atoms with E-state index in [1.54, 1.807) is 36.4 Å². The first-order valence-electron chi connectivity index (χ1n) is 8.36. The van der Waals surface area contributed by atoms with Crippen LogP contribution in [0.15, 0.2) is 77.2 Å². The van der Waals surface area contributed by atoms with Crippen molar-refractivity contribution in [2.24, 2.45) is 0 Å². The van der Waals surface area contributed by atoms with Crippen LogP contribution in [-0.4, -0.2) is 16.1 Å². The van der Waals surface area contributed by atoms with E-state index in [0.717, 1.165) is 11.1 Å². The van der Waals surface area contributed by atoms with Gasteiger partial charge < -0.3 is 9.73 Å². The minimum Gasteiger partial charge on any atom is -0.416 e. The van der Waals surface area contributed by atoms with Gasteiger partial charge in [0.05, 0.1) is 10.0 Å². The van der Waals surface area contributed by atoms with Crippen LogP contribution in [0.2, 0.25) is 10.0 Å². The molecule has 4 aromatic rings. The van der Waals surface area contributed by atoms with Gasteiger partial charge in [-0.1, -0.05) is 41.4 Å². The van der Waals surface area contributed by atoms with Crippen molar-refractivity contribution < 1.29 is 9.21 Å². The summed E-state index contributed by atoms with van der Waals surface area (Å²) in [7, 11) is 0. The molecular weight excluding hydrogens is 397 g/mol. The lowest BCUT2D eigenvalue weighted by molar-refractivity contribution is 0.102. The van der Waals surface area contributed by atoms with Crippen LogP contribution in [0, 0.1) is 0 Å². The van der Waals surface area contributed by atoms with Gasteiger partial charge in [0.2, 0.25) is 11.8 Å². The summed E-state index contributed by atoms with van der Waals surface area (Å²) in [6.45, 7) is 0. The first-order valence-corrected chi connectivity index (χ1v) is 9.11. The lowest BCUT2D eigenvalue weighted by atomic mass is 10.2. The summed E-state index contributed by atoms with van der Waals surface area (Å²) in [5.74, 6) is 0.573. The largest absolute Gasteiger partial charge is 0.416 e. The summed E-state index contributed by atoms with van der Waals surface area (Å²) in [5.41, 5.74) is 2.65. The van der Waals surface area contributed by atoms with E-state index < -0.39 is 0 Å². The predicted octanol–water partition coefficient (Wildman–Crippen LogP) is 5.96. The summed E-state index contributed by atoms with van der Waals surface area (Å²) in [4.78, 5) is 12.3. The molecule has 0 bridgehead atoms. The fourth-order valence-corrected chi connectivity index (χ4v) is 2.87. The molecule has 7 heteroatoms. The molecule has 0 radical (unpaired) electrons. The van der Waals surface area contributed by atoms with Gasteiger partial charge in [0, 0.05) is 22.4 Å². The molecule has 1 N–H and O–H groups in total. The molecule has 0 saturated heterocycles. The average Bonchev–Trinajstić information content (AvgIpc) is 3.21. The lowest BCUT2D eigenvalue weighted by Gasteiger charge is -2.06. The third-order valence-electron chi connectivity index (χ3n) is 4.02. The van der Waals surface area contributed by atoms with E-state index in [1.165, 1.54) is 6.07 Å². The number of nitrogens with one attached hydrogen (secondary N) is 1. The highest BCUT2D eigenvalue weighted by Gasteiger charge is 2.12. The van der Waals surface area contributed by atoms with Gasteiger partial charge in [0.1, 0.15) is 0 Å². The fourth-order valence-electron chi connectivity index (χ4n) is 2.57. The zero-order valence-electron chi connectivity index (χ0n) is 14.4. The number of benzene rings is 3. The van der Waals surface area contributed by atoms with Crippen molar-refractivity contribution in [2.45, 2.75) is 0 Å². The Morgan fingerprint density at radius 1 is 0.786 bits per heavy atom. The summed E-state index contributed by atoms with van der Waals surface area (Å²) in [6, 6.07) is 21.4. The van der Waals surface area contributed by atoms with Crippen LogP contribution < -0.4 is 5.32 Å². The highest BCUT2D eigenvalue weighted by atomic mass is 35.5. The maximum atomic E-state index is 12.3. The Labute approximate surface area is 170 Å². The average molecular weight is 410 g/mol. The molecule has 0 spiro atoms. The summed E-state index contributed by atoms with van der Waals surface area (Å²) in [6.07, 6.45) is 0. The first-order chi connectivity index (χ1) is 13.6. The second kappa shape index (κ2) is 7.84. The Balaban J connectivity index is 1.49. The molecule has 0 saturated carbocycles. The molecule has 0 aliphatic heterocycles. The first kappa shape index (κ1) is 18.2. The predicted molar refractivity (Wildman–Crippen MR) is 110 cm³/mol. The zero-order chi connectivity index (χ0) is 19.5. The van der Waals surface area contributed by atoms with Gasteiger partial charge >= 0.3 is 0 Å². The molecule has 0 fully saturated rings. The van der Waals surface area contributed by atoms with Crippen molar-refractivity contribution in [1.29, 1.82) is 0 Å². The van der Waals surface area contributed by atoms with Crippen LogP contribution in [-0.2, 0) is 0 Å². The van der Waals surface area contributed by atoms with Gasteiger partial charge in [0.15, 0.2) is 0 Å². The highest BCUT2D eigenvalue weighted by molar-refractivity contribution is 6.42. The van der Waals surface area contributed by atoms with E-state index in [-0.39, 0.29) is 5.91 Å². The minimum atomic E-state index is -0.282. The standard InChI is InChI=1S/C21H13Cl2N3O2/c22-17-11-8-15(12-18(17)23)19(27)24-16-9-6-14(7-10-16)21-26-25-20(28-21)13-4-2-1-3-5-13/h1-12H,(H,24,27). The molecule has 0 aliphatic rings. The van der Waals surface area contributed by atoms with E-state index >= 15 is 0 Å². The van der Waals surface area contributed by atoms with E-state index in [2.05, 4.69) is 15.5 Å². The number of aromatic nitrogens is 2. The SMILES string of the molecule is O=C(Nc1ccc(-c2nnc(-c3ccccc3)o2)cc1)c1ccc(Cl)c(Cl)c1. The number of rotatable bonds is 4. The molecule has 1 amide bonds. The van der Waals surface area contributed by atoms with Crippen molar-refractivity contribution in [3.05, 3.63) is 88.4 Å². The molecule has 0 unspecified atom stereocenters. The van der Waals surface area contributed by atoms with Crippen LogP contribution in [0.3, 0.4) is 0 Å². The Bertz CT molecular complexity index is 1130. The van der Waals surface area contributed by atoms with Crippen molar-refractivity contribution in [3.8, 4) is 22.9 Å². The van der Waals surface area contributed by atoms with Gasteiger partial charge in [-0.2, -0.15) is 0 Å². The Morgan fingerprint density at radius 2 is 1.43 bits per heavy atom. The minimum absolute atomic E-state index is 0.282.